The summed E-state index contributed by atoms with van der Waals surface area (Å²) in [5, 5.41) is 19.1. The molecular formula is C27H19ClF6N6O6S2. The van der Waals surface area contributed by atoms with E-state index in [0.29, 0.717) is 33.8 Å². The van der Waals surface area contributed by atoms with Gasteiger partial charge in [-0.2, -0.15) is 31.4 Å². The molecule has 12 nitrogen and oxygen atoms in total. The molecule has 3 heterocycles. The molecule has 5 rings (SSSR count). The third kappa shape index (κ3) is 8.30. The predicted molar refractivity (Wildman–Crippen MR) is 162 cm³/mol. The SMILES string of the molecule is COc1ncc(-c2cc(NC(=O)c3csc(C)n3)c3cn[nH]c3c2)cc1NS(=O)(=O)c1ccc(Cl)c(C(F)(F)F)c1.O=C(O)C(F)(F)F. The number of aromatic nitrogens is 4. The molecule has 48 heavy (non-hydrogen) atoms. The lowest BCUT2D eigenvalue weighted by Gasteiger charge is -2.15. The number of pyridine rings is 1. The number of anilines is 2. The number of methoxy groups -OCH3 is 1. The summed E-state index contributed by atoms with van der Waals surface area (Å²) < 4.78 is 105. The number of H-pyrrole nitrogens is 1. The Morgan fingerprint density at radius 3 is 2.27 bits per heavy atom. The maximum absolute atomic E-state index is 13.3. The van der Waals surface area contributed by atoms with Crippen molar-refractivity contribution in [2.45, 2.75) is 24.2 Å². The minimum Gasteiger partial charge on any atom is -0.480 e. The second-order valence-corrected chi connectivity index (χ2v) is 12.5. The van der Waals surface area contributed by atoms with Crippen molar-refractivity contribution in [3.8, 4) is 17.0 Å². The monoisotopic (exact) mass is 736 g/mol. The van der Waals surface area contributed by atoms with E-state index in [1.54, 1.807) is 24.4 Å². The lowest BCUT2D eigenvalue weighted by atomic mass is 10.0. The van der Waals surface area contributed by atoms with E-state index in [2.05, 4.69) is 30.2 Å². The van der Waals surface area contributed by atoms with E-state index in [0.717, 1.165) is 17.1 Å². The number of benzene rings is 2. The topological polar surface area (TPSA) is 176 Å². The van der Waals surface area contributed by atoms with Gasteiger partial charge in [-0.25, -0.2) is 23.2 Å². The van der Waals surface area contributed by atoms with Gasteiger partial charge in [0.05, 0.1) is 45.0 Å². The molecule has 4 N–H and O–H groups in total. The van der Waals surface area contributed by atoms with Gasteiger partial charge in [0.25, 0.3) is 15.9 Å². The number of carboxylic acids is 1. The van der Waals surface area contributed by atoms with Crippen molar-refractivity contribution in [2.75, 3.05) is 17.1 Å². The molecule has 2 aromatic carbocycles. The van der Waals surface area contributed by atoms with Crippen LogP contribution in [0.4, 0.5) is 37.7 Å². The molecule has 0 saturated carbocycles. The van der Waals surface area contributed by atoms with E-state index in [1.165, 1.54) is 36.9 Å². The number of thiazole rings is 1. The maximum atomic E-state index is 13.3. The Balaban J connectivity index is 0.000000671. The van der Waals surface area contributed by atoms with Gasteiger partial charge in [-0.15, -0.1) is 11.3 Å². The minimum atomic E-state index is -5.08. The molecular weight excluding hydrogens is 718 g/mol. The predicted octanol–water partition coefficient (Wildman–Crippen LogP) is 6.76. The fraction of sp³-hybridized carbons (Fsp3) is 0.148. The molecule has 0 spiro atoms. The van der Waals surface area contributed by atoms with E-state index >= 15 is 0 Å². The number of carbonyl (C=O) groups is 2. The summed E-state index contributed by atoms with van der Waals surface area (Å²) in [5.41, 5.74) is 0.679. The summed E-state index contributed by atoms with van der Waals surface area (Å²) in [6.45, 7) is 1.78. The number of aryl methyl sites for hydroxylation is 1. The van der Waals surface area contributed by atoms with Crippen molar-refractivity contribution in [2.24, 2.45) is 0 Å². The number of carbonyl (C=O) groups excluding carboxylic acids is 1. The number of aliphatic carboxylic acids is 1. The first-order valence-corrected chi connectivity index (χ1v) is 15.5. The summed E-state index contributed by atoms with van der Waals surface area (Å²) in [6, 6.07) is 7.01. The van der Waals surface area contributed by atoms with E-state index in [4.69, 9.17) is 26.2 Å². The molecule has 254 valence electrons. The van der Waals surface area contributed by atoms with E-state index in [1.807, 2.05) is 0 Å². The van der Waals surface area contributed by atoms with Crippen LogP contribution in [0.5, 0.6) is 5.88 Å². The normalized spacial score (nSPS) is 11.9. The summed E-state index contributed by atoms with van der Waals surface area (Å²) in [7, 11) is -3.27. The van der Waals surface area contributed by atoms with Crippen LogP contribution in [0.1, 0.15) is 21.1 Å². The highest BCUT2D eigenvalue weighted by Crippen LogP contribution is 2.38. The van der Waals surface area contributed by atoms with Crippen LogP contribution in [0, 0.1) is 6.92 Å². The first-order chi connectivity index (χ1) is 22.3. The van der Waals surface area contributed by atoms with Gasteiger partial charge < -0.3 is 15.2 Å². The molecule has 0 fully saturated rings. The zero-order valence-electron chi connectivity index (χ0n) is 24.0. The maximum Gasteiger partial charge on any atom is 0.490 e. The van der Waals surface area contributed by atoms with Gasteiger partial charge in [0.15, 0.2) is 0 Å². The van der Waals surface area contributed by atoms with E-state index in [-0.39, 0.29) is 17.3 Å². The minimum absolute atomic E-state index is 0.127. The van der Waals surface area contributed by atoms with Crippen LogP contribution < -0.4 is 14.8 Å². The fourth-order valence-electron chi connectivity index (χ4n) is 3.91. The number of hydrogen-bond donors (Lipinski definition) is 4. The number of fused-ring (bicyclic) bond motifs is 1. The van der Waals surface area contributed by atoms with Gasteiger partial charge in [0.1, 0.15) is 11.4 Å². The van der Waals surface area contributed by atoms with E-state index in [9.17, 15) is 39.6 Å². The molecule has 0 bridgehead atoms. The number of sulfonamides is 1. The zero-order valence-corrected chi connectivity index (χ0v) is 26.4. The Kier molecular flexibility index (Phi) is 10.2. The first kappa shape index (κ1) is 35.9. The Labute approximate surface area is 274 Å². The van der Waals surface area contributed by atoms with Crippen LogP contribution in [0.25, 0.3) is 22.0 Å². The van der Waals surface area contributed by atoms with Gasteiger partial charge in [0, 0.05) is 22.5 Å². The molecule has 0 aliphatic rings. The van der Waals surface area contributed by atoms with Crippen LogP contribution in [-0.2, 0) is 21.0 Å². The average molecular weight is 737 g/mol. The van der Waals surface area contributed by atoms with Crippen molar-refractivity contribution >= 4 is 67.1 Å². The van der Waals surface area contributed by atoms with Crippen molar-refractivity contribution in [3.63, 3.8) is 0 Å². The van der Waals surface area contributed by atoms with Gasteiger partial charge in [0.2, 0.25) is 5.88 Å². The van der Waals surface area contributed by atoms with Crippen molar-refractivity contribution in [3.05, 3.63) is 75.5 Å². The van der Waals surface area contributed by atoms with Gasteiger partial charge in [-0.1, -0.05) is 11.6 Å². The second-order valence-electron chi connectivity index (χ2n) is 9.39. The molecule has 0 atom stereocenters. The van der Waals surface area contributed by atoms with Crippen LogP contribution >= 0.6 is 22.9 Å². The fourth-order valence-corrected chi connectivity index (χ4v) is 5.81. The lowest BCUT2D eigenvalue weighted by Crippen LogP contribution is -2.21. The number of ether oxygens (including phenoxy) is 1. The van der Waals surface area contributed by atoms with Crippen LogP contribution in [0.15, 0.2) is 59.1 Å². The standard InChI is InChI=1S/C25H18ClF3N6O4S2.C2HF3O2/c1-12-32-22(11-40-12)23(36)33-19-5-13(6-20-16(19)10-31-34-20)14-7-21(24(39-2)30-9-14)35-41(37,38)15-3-4-18(26)17(8-15)25(27,28)29;3-2(4,5)1(6)7/h3-11,35H,1-2H3,(H,31,34)(H,33,36);(H,6,7). The number of carboxylic acid groups (broad SMARTS) is 1. The smallest absolute Gasteiger partial charge is 0.480 e. The summed E-state index contributed by atoms with van der Waals surface area (Å²) in [6.07, 6.45) is -7.00. The quantitative estimate of drug-likeness (QED) is 0.132. The molecule has 0 saturated heterocycles. The third-order valence-electron chi connectivity index (χ3n) is 6.08. The Bertz CT molecular complexity index is 2120. The lowest BCUT2D eigenvalue weighted by molar-refractivity contribution is -0.192. The Morgan fingerprint density at radius 1 is 1.02 bits per heavy atom. The molecule has 0 aliphatic carbocycles. The average Bonchev–Trinajstić information content (AvgIpc) is 3.65. The summed E-state index contributed by atoms with van der Waals surface area (Å²) in [4.78, 5) is 29.4. The molecule has 3 aromatic heterocycles. The molecule has 1 amide bonds. The number of nitrogens with one attached hydrogen (secondary N) is 3. The third-order valence-corrected chi connectivity index (χ3v) is 8.54. The van der Waals surface area contributed by atoms with Crippen LogP contribution in [0.2, 0.25) is 5.02 Å². The van der Waals surface area contributed by atoms with Crippen molar-refractivity contribution in [1.82, 2.24) is 20.2 Å². The summed E-state index contributed by atoms with van der Waals surface area (Å²) >= 11 is 6.97. The van der Waals surface area contributed by atoms with Crippen molar-refractivity contribution in [1.29, 1.82) is 0 Å². The number of amides is 1. The largest absolute Gasteiger partial charge is 0.490 e. The zero-order chi connectivity index (χ0) is 35.6. The summed E-state index contributed by atoms with van der Waals surface area (Å²) in [5.74, 6) is -3.32. The Hall–Kier alpha value is -4.95. The number of nitrogens with zero attached hydrogens (tertiary/aromatic N) is 3. The molecule has 21 heteroatoms. The van der Waals surface area contributed by atoms with Crippen LogP contribution in [-0.4, -0.2) is 58.9 Å². The van der Waals surface area contributed by atoms with Crippen molar-refractivity contribution < 1.29 is 54.2 Å². The molecule has 0 unspecified atom stereocenters. The number of alkyl halides is 6. The van der Waals surface area contributed by atoms with Gasteiger partial charge in [-0.05, 0) is 48.9 Å². The molecule has 5 aromatic rings. The number of halogens is 7. The molecule has 0 radical (unpaired) electrons. The highest BCUT2D eigenvalue weighted by molar-refractivity contribution is 7.92. The van der Waals surface area contributed by atoms with Crippen LogP contribution in [0.3, 0.4) is 0 Å². The number of hydrogen-bond acceptors (Lipinski definition) is 9. The molecule has 0 aliphatic heterocycles. The Morgan fingerprint density at radius 2 is 1.69 bits per heavy atom. The highest BCUT2D eigenvalue weighted by Gasteiger charge is 2.38. The van der Waals surface area contributed by atoms with Gasteiger partial charge in [-0.3, -0.25) is 14.6 Å². The highest BCUT2D eigenvalue weighted by atomic mass is 35.5. The number of rotatable bonds is 7. The first-order valence-electron chi connectivity index (χ1n) is 12.7. The van der Waals surface area contributed by atoms with E-state index < -0.39 is 49.7 Å². The number of aromatic amines is 1. The second kappa shape index (κ2) is 13.6. The van der Waals surface area contributed by atoms with Gasteiger partial charge >= 0.3 is 18.3 Å².